The lowest BCUT2D eigenvalue weighted by Crippen LogP contribution is -2.31. The molecule has 0 amide bonds. The van der Waals surface area contributed by atoms with Gasteiger partial charge in [-0.2, -0.15) is 0 Å². The summed E-state index contributed by atoms with van der Waals surface area (Å²) in [5, 5.41) is 12.1. The predicted octanol–water partition coefficient (Wildman–Crippen LogP) is 2.23. The summed E-state index contributed by atoms with van der Waals surface area (Å²) in [5.41, 5.74) is -1.01. The number of pyridine rings is 1. The SMILES string of the molecule is CC(O)(C(=O)c1cccs1)c1cccnc1. The van der Waals surface area contributed by atoms with Crippen LogP contribution in [0.15, 0.2) is 42.0 Å². The van der Waals surface area contributed by atoms with Crippen LogP contribution in [0.25, 0.3) is 0 Å². The van der Waals surface area contributed by atoms with E-state index in [1.807, 2.05) is 5.38 Å². The number of carbonyl (C=O) groups is 1. The Labute approximate surface area is 97.4 Å². The highest BCUT2D eigenvalue weighted by molar-refractivity contribution is 7.12. The lowest BCUT2D eigenvalue weighted by atomic mass is 9.92. The van der Waals surface area contributed by atoms with Crippen LogP contribution in [-0.2, 0) is 5.60 Å². The average molecular weight is 233 g/mol. The topological polar surface area (TPSA) is 50.2 Å². The van der Waals surface area contributed by atoms with Crippen molar-refractivity contribution < 1.29 is 9.90 Å². The van der Waals surface area contributed by atoms with E-state index in [4.69, 9.17) is 0 Å². The minimum Gasteiger partial charge on any atom is -0.377 e. The fourth-order valence-corrected chi connectivity index (χ4v) is 2.20. The summed E-state index contributed by atoms with van der Waals surface area (Å²) >= 11 is 1.32. The zero-order valence-electron chi connectivity index (χ0n) is 8.75. The fraction of sp³-hybridized carbons (Fsp3) is 0.167. The van der Waals surface area contributed by atoms with Gasteiger partial charge in [0, 0.05) is 18.0 Å². The largest absolute Gasteiger partial charge is 0.377 e. The van der Waals surface area contributed by atoms with Gasteiger partial charge in [0.05, 0.1) is 4.88 Å². The summed E-state index contributed by atoms with van der Waals surface area (Å²) < 4.78 is 0. The first-order valence-corrected chi connectivity index (χ1v) is 5.71. The van der Waals surface area contributed by atoms with Crippen LogP contribution in [0.1, 0.15) is 22.2 Å². The van der Waals surface area contributed by atoms with Crippen LogP contribution in [-0.4, -0.2) is 15.9 Å². The van der Waals surface area contributed by atoms with Gasteiger partial charge in [-0.1, -0.05) is 12.1 Å². The van der Waals surface area contributed by atoms with Crippen LogP contribution in [0.4, 0.5) is 0 Å². The number of thiophene rings is 1. The first-order valence-electron chi connectivity index (χ1n) is 4.83. The third-order valence-corrected chi connectivity index (χ3v) is 3.28. The second-order valence-electron chi connectivity index (χ2n) is 3.62. The number of hydrogen-bond donors (Lipinski definition) is 1. The van der Waals surface area contributed by atoms with E-state index in [0.29, 0.717) is 10.4 Å². The first-order chi connectivity index (χ1) is 7.62. The molecule has 0 radical (unpaired) electrons. The third kappa shape index (κ3) is 1.89. The van der Waals surface area contributed by atoms with E-state index < -0.39 is 5.60 Å². The number of hydrogen-bond acceptors (Lipinski definition) is 4. The molecule has 0 aliphatic carbocycles. The van der Waals surface area contributed by atoms with E-state index in [2.05, 4.69) is 4.98 Å². The van der Waals surface area contributed by atoms with Gasteiger partial charge in [0.25, 0.3) is 0 Å². The van der Waals surface area contributed by atoms with Crippen molar-refractivity contribution in [2.45, 2.75) is 12.5 Å². The third-order valence-electron chi connectivity index (χ3n) is 2.41. The minimum absolute atomic E-state index is 0.296. The Balaban J connectivity index is 2.36. The molecule has 3 nitrogen and oxygen atoms in total. The molecule has 16 heavy (non-hydrogen) atoms. The van der Waals surface area contributed by atoms with E-state index in [-0.39, 0.29) is 5.78 Å². The minimum atomic E-state index is -1.51. The normalized spacial score (nSPS) is 14.4. The van der Waals surface area contributed by atoms with Crippen LogP contribution in [0.2, 0.25) is 0 Å². The molecule has 2 rings (SSSR count). The monoisotopic (exact) mass is 233 g/mol. The Morgan fingerprint density at radius 3 is 2.81 bits per heavy atom. The molecule has 0 fully saturated rings. The standard InChI is InChI=1S/C12H11NO2S/c1-12(15,9-4-2-6-13-8-9)11(14)10-5-3-7-16-10/h2-8,15H,1H3. The maximum absolute atomic E-state index is 12.1. The Hall–Kier alpha value is -1.52. The molecular formula is C12H11NO2S. The van der Waals surface area contributed by atoms with Crippen LogP contribution < -0.4 is 0 Å². The summed E-state index contributed by atoms with van der Waals surface area (Å²) in [6, 6.07) is 6.89. The molecule has 2 aromatic heterocycles. The summed E-state index contributed by atoms with van der Waals surface area (Å²) in [6.45, 7) is 1.49. The van der Waals surface area contributed by atoms with Gasteiger partial charge in [0.2, 0.25) is 5.78 Å². The molecule has 0 aromatic carbocycles. The predicted molar refractivity (Wildman–Crippen MR) is 62.5 cm³/mol. The molecule has 0 saturated heterocycles. The second-order valence-corrected chi connectivity index (χ2v) is 4.57. The van der Waals surface area contributed by atoms with Crippen molar-refractivity contribution in [2.75, 3.05) is 0 Å². The number of aromatic nitrogens is 1. The van der Waals surface area contributed by atoms with Gasteiger partial charge >= 0.3 is 0 Å². The van der Waals surface area contributed by atoms with Crippen molar-refractivity contribution in [2.24, 2.45) is 0 Å². The van der Waals surface area contributed by atoms with E-state index >= 15 is 0 Å². The molecule has 1 N–H and O–H groups in total. The van der Waals surface area contributed by atoms with Gasteiger partial charge in [-0.15, -0.1) is 11.3 Å². The van der Waals surface area contributed by atoms with Gasteiger partial charge in [0.1, 0.15) is 0 Å². The number of Topliss-reactive ketones (excluding diaryl/α,β-unsaturated/α-hetero) is 1. The summed E-state index contributed by atoms with van der Waals surface area (Å²) in [5.74, 6) is -0.296. The van der Waals surface area contributed by atoms with Crippen LogP contribution in [0.5, 0.6) is 0 Å². The zero-order valence-corrected chi connectivity index (χ0v) is 9.57. The second kappa shape index (κ2) is 4.15. The van der Waals surface area contributed by atoms with Gasteiger partial charge in [0.15, 0.2) is 5.60 Å². The Kier molecular flexibility index (Phi) is 2.85. The molecule has 0 saturated carbocycles. The van der Waals surface area contributed by atoms with Crippen LogP contribution in [0, 0.1) is 0 Å². The maximum atomic E-state index is 12.1. The highest BCUT2D eigenvalue weighted by Gasteiger charge is 2.33. The Morgan fingerprint density at radius 2 is 2.25 bits per heavy atom. The molecule has 0 aliphatic rings. The van der Waals surface area contributed by atoms with Gasteiger partial charge in [-0.3, -0.25) is 9.78 Å². The van der Waals surface area contributed by atoms with Gasteiger partial charge in [-0.05, 0) is 24.4 Å². The lowest BCUT2D eigenvalue weighted by Gasteiger charge is -2.20. The van der Waals surface area contributed by atoms with E-state index in [0.717, 1.165) is 0 Å². The summed E-state index contributed by atoms with van der Waals surface area (Å²) in [6.07, 6.45) is 3.11. The van der Waals surface area contributed by atoms with Crippen molar-refractivity contribution in [1.29, 1.82) is 0 Å². The van der Waals surface area contributed by atoms with E-state index in [1.165, 1.54) is 24.5 Å². The molecule has 0 bridgehead atoms. The zero-order chi connectivity index (χ0) is 11.6. The van der Waals surface area contributed by atoms with Gasteiger partial charge < -0.3 is 5.11 Å². The molecule has 1 atom stereocenters. The molecule has 0 spiro atoms. The summed E-state index contributed by atoms with van der Waals surface area (Å²) in [7, 11) is 0. The number of ketones is 1. The van der Waals surface area contributed by atoms with Crippen molar-refractivity contribution in [3.63, 3.8) is 0 Å². The number of carbonyl (C=O) groups excluding carboxylic acids is 1. The molecular weight excluding hydrogens is 222 g/mol. The molecule has 82 valence electrons. The number of nitrogens with zero attached hydrogens (tertiary/aromatic N) is 1. The first kappa shape index (κ1) is 11.0. The molecule has 2 aromatic rings. The number of aliphatic hydroxyl groups is 1. The average Bonchev–Trinajstić information content (AvgIpc) is 2.82. The van der Waals surface area contributed by atoms with Crippen molar-refractivity contribution in [3.8, 4) is 0 Å². The smallest absolute Gasteiger partial charge is 0.208 e. The van der Waals surface area contributed by atoms with Crippen molar-refractivity contribution in [1.82, 2.24) is 4.98 Å². The fourth-order valence-electron chi connectivity index (χ4n) is 1.43. The lowest BCUT2D eigenvalue weighted by molar-refractivity contribution is 0.0396. The Bertz CT molecular complexity index is 477. The number of rotatable bonds is 3. The van der Waals surface area contributed by atoms with Gasteiger partial charge in [-0.25, -0.2) is 0 Å². The maximum Gasteiger partial charge on any atom is 0.208 e. The van der Waals surface area contributed by atoms with Crippen molar-refractivity contribution >= 4 is 17.1 Å². The quantitative estimate of drug-likeness (QED) is 0.827. The molecule has 1 unspecified atom stereocenters. The highest BCUT2D eigenvalue weighted by atomic mass is 32.1. The van der Waals surface area contributed by atoms with Crippen LogP contribution in [0.3, 0.4) is 0 Å². The molecule has 2 heterocycles. The molecule has 4 heteroatoms. The van der Waals surface area contributed by atoms with E-state index in [9.17, 15) is 9.90 Å². The molecule has 0 aliphatic heterocycles. The van der Waals surface area contributed by atoms with Crippen molar-refractivity contribution in [3.05, 3.63) is 52.5 Å². The van der Waals surface area contributed by atoms with E-state index in [1.54, 1.807) is 30.5 Å². The van der Waals surface area contributed by atoms with Crippen LogP contribution >= 0.6 is 11.3 Å². The Morgan fingerprint density at radius 1 is 1.44 bits per heavy atom. The summed E-state index contributed by atoms with van der Waals surface area (Å²) in [4.78, 5) is 16.5. The highest BCUT2D eigenvalue weighted by Crippen LogP contribution is 2.26.